The molecular weight excluding hydrogens is 454 g/mol. The lowest BCUT2D eigenvalue weighted by Crippen LogP contribution is -2.26. The van der Waals surface area contributed by atoms with E-state index in [-0.39, 0.29) is 18.4 Å². The smallest absolute Gasteiger partial charge is 0.227 e. The second-order valence-corrected chi connectivity index (χ2v) is 9.41. The van der Waals surface area contributed by atoms with E-state index in [4.69, 9.17) is 14.5 Å². The molecule has 1 aliphatic heterocycles. The lowest BCUT2D eigenvalue weighted by Gasteiger charge is -2.19. The van der Waals surface area contributed by atoms with E-state index < -0.39 is 6.10 Å². The molecule has 0 saturated carbocycles. The van der Waals surface area contributed by atoms with Crippen LogP contribution in [0.1, 0.15) is 29.3 Å². The number of rotatable bonds is 8. The molecule has 0 bridgehead atoms. The van der Waals surface area contributed by atoms with Crippen molar-refractivity contribution in [1.29, 1.82) is 0 Å². The molecule has 1 N–H and O–H groups in total. The predicted molar refractivity (Wildman–Crippen MR) is 140 cm³/mol. The minimum Gasteiger partial charge on any atom is -0.497 e. The number of hydrogen-bond donors (Lipinski definition) is 1. The van der Waals surface area contributed by atoms with Crippen molar-refractivity contribution in [1.82, 2.24) is 9.55 Å². The Morgan fingerprint density at radius 3 is 2.61 bits per heavy atom. The Kier molecular flexibility index (Phi) is 6.65. The van der Waals surface area contributed by atoms with Crippen LogP contribution in [0.25, 0.3) is 11.0 Å². The minimum absolute atomic E-state index is 0.0579. The maximum atomic E-state index is 13.0. The molecule has 2 atom stereocenters. The number of amides is 1. The Morgan fingerprint density at radius 1 is 1.08 bits per heavy atom. The van der Waals surface area contributed by atoms with Gasteiger partial charge in [0.15, 0.2) is 0 Å². The lowest BCUT2D eigenvalue weighted by molar-refractivity contribution is -0.117. The number of anilines is 1. The van der Waals surface area contributed by atoms with Crippen molar-refractivity contribution < 1.29 is 19.4 Å². The van der Waals surface area contributed by atoms with E-state index in [1.54, 1.807) is 12.0 Å². The van der Waals surface area contributed by atoms with Crippen molar-refractivity contribution in [2.45, 2.75) is 38.8 Å². The van der Waals surface area contributed by atoms with Crippen LogP contribution >= 0.6 is 0 Å². The first-order valence-corrected chi connectivity index (χ1v) is 12.2. The summed E-state index contributed by atoms with van der Waals surface area (Å²) in [5.41, 5.74) is 4.84. The molecule has 5 rings (SSSR count). The van der Waals surface area contributed by atoms with Crippen LogP contribution in [0.3, 0.4) is 0 Å². The molecule has 0 aliphatic carbocycles. The van der Waals surface area contributed by atoms with E-state index in [0.717, 1.165) is 39.6 Å². The molecule has 1 aliphatic rings. The first-order valence-electron chi connectivity index (χ1n) is 12.2. The number of aliphatic hydroxyl groups excluding tert-OH is 1. The normalized spacial score (nSPS) is 16.5. The first-order chi connectivity index (χ1) is 17.4. The number of hydrogen-bond acceptors (Lipinski definition) is 5. The highest BCUT2D eigenvalue weighted by Gasteiger charge is 2.35. The highest BCUT2D eigenvalue weighted by molar-refractivity contribution is 5.96. The SMILES string of the molecule is COc1ccc(N2CC(c3nc4ccccc4n3CC(O)COc3ccc(C)cc3C)CC2=O)cc1. The predicted octanol–water partition coefficient (Wildman–Crippen LogP) is 4.62. The van der Waals surface area contributed by atoms with E-state index in [9.17, 15) is 9.90 Å². The summed E-state index contributed by atoms with van der Waals surface area (Å²) in [5, 5.41) is 10.9. The Labute approximate surface area is 210 Å². The third kappa shape index (κ3) is 4.79. The van der Waals surface area contributed by atoms with Crippen LogP contribution in [-0.4, -0.2) is 46.9 Å². The zero-order valence-electron chi connectivity index (χ0n) is 20.8. The fourth-order valence-corrected chi connectivity index (χ4v) is 4.90. The van der Waals surface area contributed by atoms with Crippen LogP contribution in [0.5, 0.6) is 11.5 Å². The number of imidazole rings is 1. The van der Waals surface area contributed by atoms with E-state index in [1.165, 1.54) is 5.56 Å². The number of fused-ring (bicyclic) bond motifs is 1. The number of carbonyl (C=O) groups is 1. The van der Waals surface area contributed by atoms with Crippen molar-refractivity contribution in [3.05, 3.63) is 83.7 Å². The number of aryl methyl sites for hydroxylation is 2. The number of methoxy groups -OCH3 is 1. The van der Waals surface area contributed by atoms with Crippen molar-refractivity contribution in [3.63, 3.8) is 0 Å². The number of aliphatic hydroxyl groups is 1. The van der Waals surface area contributed by atoms with Crippen LogP contribution in [-0.2, 0) is 11.3 Å². The Bertz CT molecular complexity index is 1380. The molecule has 0 radical (unpaired) electrons. The fraction of sp³-hybridized carbons (Fsp3) is 0.310. The standard InChI is InChI=1S/C29H31N3O4/c1-19-8-13-27(20(2)14-19)36-18-23(33)17-32-26-7-5-4-6-25(26)30-29(32)21-15-28(34)31(16-21)22-9-11-24(35-3)12-10-22/h4-14,21,23,33H,15-18H2,1-3H3. The second kappa shape index (κ2) is 10.0. The van der Waals surface area contributed by atoms with E-state index in [2.05, 4.69) is 6.07 Å². The van der Waals surface area contributed by atoms with Crippen molar-refractivity contribution in [3.8, 4) is 11.5 Å². The van der Waals surface area contributed by atoms with Gasteiger partial charge in [0.2, 0.25) is 5.91 Å². The summed E-state index contributed by atoms with van der Waals surface area (Å²) in [6.07, 6.45) is -0.373. The van der Waals surface area contributed by atoms with Gasteiger partial charge in [0.1, 0.15) is 30.0 Å². The molecular formula is C29H31N3O4. The number of nitrogens with zero attached hydrogens (tertiary/aromatic N) is 3. The van der Waals surface area contributed by atoms with Gasteiger partial charge in [-0.2, -0.15) is 0 Å². The van der Waals surface area contributed by atoms with Gasteiger partial charge < -0.3 is 24.0 Å². The number of benzene rings is 3. The van der Waals surface area contributed by atoms with Gasteiger partial charge in [0.05, 0.1) is 24.7 Å². The van der Waals surface area contributed by atoms with Crippen molar-refractivity contribution in [2.24, 2.45) is 0 Å². The third-order valence-electron chi connectivity index (χ3n) is 6.71. The maximum Gasteiger partial charge on any atom is 0.227 e. The van der Waals surface area contributed by atoms with Gasteiger partial charge >= 0.3 is 0 Å². The van der Waals surface area contributed by atoms with Crippen LogP contribution < -0.4 is 14.4 Å². The van der Waals surface area contributed by atoms with Crippen molar-refractivity contribution in [2.75, 3.05) is 25.2 Å². The molecule has 186 valence electrons. The van der Waals surface area contributed by atoms with E-state index in [1.807, 2.05) is 79.1 Å². The molecule has 1 fully saturated rings. The van der Waals surface area contributed by atoms with Gasteiger partial charge in [-0.25, -0.2) is 4.98 Å². The number of para-hydroxylation sites is 2. The molecule has 1 aromatic heterocycles. The van der Waals surface area contributed by atoms with Gasteiger partial charge in [0.25, 0.3) is 0 Å². The highest BCUT2D eigenvalue weighted by Crippen LogP contribution is 2.34. The summed E-state index contributed by atoms with van der Waals surface area (Å²) in [6.45, 7) is 5.07. The summed E-state index contributed by atoms with van der Waals surface area (Å²) in [7, 11) is 1.62. The molecule has 36 heavy (non-hydrogen) atoms. The van der Waals surface area contributed by atoms with Crippen LogP contribution in [0.4, 0.5) is 5.69 Å². The van der Waals surface area contributed by atoms with E-state index in [0.29, 0.717) is 19.5 Å². The zero-order valence-corrected chi connectivity index (χ0v) is 20.8. The summed E-state index contributed by atoms with van der Waals surface area (Å²) in [4.78, 5) is 19.7. The monoisotopic (exact) mass is 485 g/mol. The second-order valence-electron chi connectivity index (χ2n) is 9.41. The van der Waals surface area contributed by atoms with Crippen molar-refractivity contribution >= 4 is 22.6 Å². The van der Waals surface area contributed by atoms with Crippen LogP contribution in [0, 0.1) is 13.8 Å². The topological polar surface area (TPSA) is 76.8 Å². The van der Waals surface area contributed by atoms with Gasteiger partial charge in [-0.3, -0.25) is 4.79 Å². The number of aromatic nitrogens is 2. The van der Waals surface area contributed by atoms with Gasteiger partial charge in [-0.1, -0.05) is 29.8 Å². The fourth-order valence-electron chi connectivity index (χ4n) is 4.90. The molecule has 2 unspecified atom stereocenters. The van der Waals surface area contributed by atoms with Crippen LogP contribution in [0.15, 0.2) is 66.7 Å². The molecule has 2 heterocycles. The van der Waals surface area contributed by atoms with E-state index >= 15 is 0 Å². The number of ether oxygens (including phenoxy) is 2. The summed E-state index contributed by atoms with van der Waals surface area (Å²) in [6, 6.07) is 21.4. The molecule has 3 aromatic carbocycles. The van der Waals surface area contributed by atoms with Gasteiger partial charge in [-0.15, -0.1) is 0 Å². The third-order valence-corrected chi connectivity index (χ3v) is 6.71. The maximum absolute atomic E-state index is 13.0. The quantitative estimate of drug-likeness (QED) is 0.394. The Hall–Kier alpha value is -3.84. The molecule has 1 saturated heterocycles. The van der Waals surface area contributed by atoms with Gasteiger partial charge in [-0.05, 0) is 61.9 Å². The van der Waals surface area contributed by atoms with Crippen LogP contribution in [0.2, 0.25) is 0 Å². The summed E-state index contributed by atoms with van der Waals surface area (Å²) < 4.78 is 13.2. The summed E-state index contributed by atoms with van der Waals surface area (Å²) >= 11 is 0. The summed E-state index contributed by atoms with van der Waals surface area (Å²) in [5.74, 6) is 2.31. The average molecular weight is 486 g/mol. The molecule has 0 spiro atoms. The Morgan fingerprint density at radius 2 is 1.86 bits per heavy atom. The molecule has 7 heteroatoms. The molecule has 1 amide bonds. The highest BCUT2D eigenvalue weighted by atomic mass is 16.5. The first kappa shape index (κ1) is 23.9. The lowest BCUT2D eigenvalue weighted by atomic mass is 10.1. The minimum atomic E-state index is -0.739. The largest absolute Gasteiger partial charge is 0.497 e. The number of carbonyl (C=O) groups excluding carboxylic acids is 1. The average Bonchev–Trinajstić information content (AvgIpc) is 3.44. The molecule has 7 nitrogen and oxygen atoms in total. The van der Waals surface area contributed by atoms with Gasteiger partial charge in [0, 0.05) is 24.6 Å². The molecule has 4 aromatic rings. The zero-order chi connectivity index (χ0) is 25.2. The Balaban J connectivity index is 1.36.